The number of hydrogen-bond donors (Lipinski definition) is 4. The van der Waals surface area contributed by atoms with Gasteiger partial charge >= 0.3 is 0 Å². The van der Waals surface area contributed by atoms with Crippen molar-refractivity contribution in [1.29, 1.82) is 0 Å². The van der Waals surface area contributed by atoms with Crippen molar-refractivity contribution < 1.29 is 10.2 Å². The topological polar surface area (TPSA) is 78.5 Å². The molecule has 0 spiro atoms. The third kappa shape index (κ3) is 6.25. The third-order valence-electron chi connectivity index (χ3n) is 1.40. The van der Waals surface area contributed by atoms with Gasteiger partial charge in [0.1, 0.15) is 0 Å². The Hall–Kier alpha value is -0.160. The number of hydrogen-bond acceptors (Lipinski definition) is 4. The minimum Gasteiger partial charge on any atom is -0.393 e. The van der Waals surface area contributed by atoms with E-state index in [1.54, 1.807) is 6.92 Å². The first kappa shape index (κ1) is 10.8. The molecule has 4 heteroatoms. The molecular formula is C7H18N2O2. The summed E-state index contributed by atoms with van der Waals surface area (Å²) in [6, 6.07) is 0. The molecule has 0 aromatic rings. The van der Waals surface area contributed by atoms with Crippen LogP contribution in [-0.4, -0.2) is 42.1 Å². The Bertz CT molecular complexity index is 96.4. The van der Waals surface area contributed by atoms with E-state index in [2.05, 4.69) is 5.32 Å². The van der Waals surface area contributed by atoms with Crippen LogP contribution < -0.4 is 11.1 Å². The van der Waals surface area contributed by atoms with Crippen LogP contribution >= 0.6 is 0 Å². The van der Waals surface area contributed by atoms with Gasteiger partial charge in [-0.2, -0.15) is 0 Å². The number of aliphatic hydroxyl groups is 2. The molecule has 0 heterocycles. The van der Waals surface area contributed by atoms with Gasteiger partial charge in [0, 0.05) is 6.54 Å². The molecule has 68 valence electrons. The first-order valence-corrected chi connectivity index (χ1v) is 3.86. The van der Waals surface area contributed by atoms with Gasteiger partial charge in [-0.1, -0.05) is 0 Å². The van der Waals surface area contributed by atoms with Gasteiger partial charge in [-0.25, -0.2) is 0 Å². The summed E-state index contributed by atoms with van der Waals surface area (Å²) in [5.74, 6) is 0. The lowest BCUT2D eigenvalue weighted by Crippen LogP contribution is -2.41. The Balaban J connectivity index is 3.23. The monoisotopic (exact) mass is 162 g/mol. The van der Waals surface area contributed by atoms with Crippen molar-refractivity contribution in [3.63, 3.8) is 0 Å². The molecule has 0 aromatic carbocycles. The van der Waals surface area contributed by atoms with Gasteiger partial charge in [0.2, 0.25) is 0 Å². The Morgan fingerprint density at radius 1 is 1.55 bits per heavy atom. The summed E-state index contributed by atoms with van der Waals surface area (Å²) < 4.78 is 0. The first-order valence-electron chi connectivity index (χ1n) is 3.86. The molecule has 0 amide bonds. The van der Waals surface area contributed by atoms with Gasteiger partial charge in [-0.05, 0) is 26.4 Å². The highest BCUT2D eigenvalue weighted by Gasteiger charge is 2.17. The van der Waals surface area contributed by atoms with Crippen LogP contribution in [0.25, 0.3) is 0 Å². The molecule has 0 radical (unpaired) electrons. The van der Waals surface area contributed by atoms with Crippen LogP contribution in [-0.2, 0) is 0 Å². The van der Waals surface area contributed by atoms with Crippen LogP contribution in [0.2, 0.25) is 0 Å². The predicted molar refractivity (Wildman–Crippen MR) is 44.3 cm³/mol. The summed E-state index contributed by atoms with van der Waals surface area (Å²) >= 11 is 0. The molecule has 0 saturated heterocycles. The molecule has 5 N–H and O–H groups in total. The highest BCUT2D eigenvalue weighted by Crippen LogP contribution is 1.97. The van der Waals surface area contributed by atoms with Crippen LogP contribution in [0.3, 0.4) is 0 Å². The molecule has 0 bridgehead atoms. The van der Waals surface area contributed by atoms with Crippen molar-refractivity contribution in [1.82, 2.24) is 5.32 Å². The maximum absolute atomic E-state index is 9.28. The molecule has 0 aliphatic carbocycles. The summed E-state index contributed by atoms with van der Waals surface area (Å²) in [6.45, 7) is 3.20. The molecule has 0 aromatic heterocycles. The van der Waals surface area contributed by atoms with Crippen LogP contribution in [0.1, 0.15) is 13.3 Å². The molecule has 0 aliphatic heterocycles. The van der Waals surface area contributed by atoms with E-state index in [0.717, 1.165) is 13.0 Å². The maximum Gasteiger partial charge on any atom is 0.0972 e. The molecule has 1 unspecified atom stereocenters. The zero-order chi connectivity index (χ0) is 8.74. The number of nitrogens with two attached hydrogens (primary N) is 1. The predicted octanol–water partition coefficient (Wildman–Crippen LogP) is -1.33. The van der Waals surface area contributed by atoms with Crippen LogP contribution in [0.4, 0.5) is 0 Å². The van der Waals surface area contributed by atoms with Crippen molar-refractivity contribution in [2.75, 3.05) is 26.2 Å². The minimum atomic E-state index is -1.01. The average Bonchev–Trinajstić information content (AvgIpc) is 1.99. The Morgan fingerprint density at radius 3 is 2.64 bits per heavy atom. The standard InChI is InChI=1S/C7H18N2O2/c1-7(11,6-10)5-9-4-2-3-8/h9-11H,2-6,8H2,1H3. The number of rotatable bonds is 6. The Morgan fingerprint density at radius 2 is 2.18 bits per heavy atom. The lowest BCUT2D eigenvalue weighted by Gasteiger charge is -2.20. The van der Waals surface area contributed by atoms with E-state index in [4.69, 9.17) is 10.8 Å². The SMILES string of the molecule is CC(O)(CO)CNCCCN. The van der Waals surface area contributed by atoms with Gasteiger partial charge in [-0.15, -0.1) is 0 Å². The molecular weight excluding hydrogens is 144 g/mol. The molecule has 11 heavy (non-hydrogen) atoms. The fourth-order valence-electron chi connectivity index (χ4n) is 0.641. The third-order valence-corrected chi connectivity index (χ3v) is 1.40. The lowest BCUT2D eigenvalue weighted by molar-refractivity contribution is 0.00292. The van der Waals surface area contributed by atoms with Gasteiger partial charge in [-0.3, -0.25) is 0 Å². The second kappa shape index (κ2) is 5.49. The summed E-state index contributed by atoms with van der Waals surface area (Å²) in [7, 11) is 0. The lowest BCUT2D eigenvalue weighted by atomic mass is 10.1. The van der Waals surface area contributed by atoms with Crippen molar-refractivity contribution in [3.05, 3.63) is 0 Å². The zero-order valence-corrected chi connectivity index (χ0v) is 7.01. The van der Waals surface area contributed by atoms with E-state index in [-0.39, 0.29) is 6.61 Å². The van der Waals surface area contributed by atoms with E-state index in [0.29, 0.717) is 13.1 Å². The smallest absolute Gasteiger partial charge is 0.0972 e. The van der Waals surface area contributed by atoms with E-state index >= 15 is 0 Å². The van der Waals surface area contributed by atoms with Gasteiger partial charge in [0.15, 0.2) is 0 Å². The molecule has 4 nitrogen and oxygen atoms in total. The van der Waals surface area contributed by atoms with Crippen LogP contribution in [0, 0.1) is 0 Å². The van der Waals surface area contributed by atoms with Crippen molar-refractivity contribution in [3.8, 4) is 0 Å². The summed E-state index contributed by atoms with van der Waals surface area (Å²) in [5, 5.41) is 20.9. The maximum atomic E-state index is 9.28. The van der Waals surface area contributed by atoms with E-state index in [9.17, 15) is 5.11 Å². The van der Waals surface area contributed by atoms with E-state index < -0.39 is 5.60 Å². The van der Waals surface area contributed by atoms with Crippen LogP contribution in [0.5, 0.6) is 0 Å². The molecule has 0 rings (SSSR count). The van der Waals surface area contributed by atoms with Gasteiger partial charge in [0.25, 0.3) is 0 Å². The average molecular weight is 162 g/mol. The Kier molecular flexibility index (Phi) is 5.41. The number of nitrogens with one attached hydrogen (secondary N) is 1. The second-order valence-corrected chi connectivity index (χ2v) is 2.97. The van der Waals surface area contributed by atoms with E-state index in [1.165, 1.54) is 0 Å². The summed E-state index contributed by atoms with van der Waals surface area (Å²) in [4.78, 5) is 0. The minimum absolute atomic E-state index is 0.220. The summed E-state index contributed by atoms with van der Waals surface area (Å²) in [6.07, 6.45) is 0.890. The fraction of sp³-hybridized carbons (Fsp3) is 1.00. The molecule has 0 saturated carbocycles. The molecule has 0 aliphatic rings. The second-order valence-electron chi connectivity index (χ2n) is 2.97. The first-order chi connectivity index (χ1) is 5.12. The van der Waals surface area contributed by atoms with Crippen molar-refractivity contribution >= 4 is 0 Å². The molecule has 1 atom stereocenters. The quantitative estimate of drug-likeness (QED) is 0.365. The fourth-order valence-corrected chi connectivity index (χ4v) is 0.641. The van der Waals surface area contributed by atoms with Gasteiger partial charge in [0.05, 0.1) is 12.2 Å². The van der Waals surface area contributed by atoms with E-state index in [1.807, 2.05) is 0 Å². The van der Waals surface area contributed by atoms with Crippen molar-refractivity contribution in [2.45, 2.75) is 18.9 Å². The normalized spacial score (nSPS) is 16.4. The number of aliphatic hydroxyl groups excluding tert-OH is 1. The highest BCUT2D eigenvalue weighted by atomic mass is 16.3. The summed E-state index contributed by atoms with van der Waals surface area (Å²) in [5.41, 5.74) is 4.25. The largest absolute Gasteiger partial charge is 0.393 e. The van der Waals surface area contributed by atoms with Gasteiger partial charge < -0.3 is 21.3 Å². The zero-order valence-electron chi connectivity index (χ0n) is 7.01. The Labute approximate surface area is 67.4 Å². The van der Waals surface area contributed by atoms with Crippen LogP contribution in [0.15, 0.2) is 0 Å². The van der Waals surface area contributed by atoms with Crippen molar-refractivity contribution in [2.24, 2.45) is 5.73 Å². The molecule has 0 fully saturated rings. The highest BCUT2D eigenvalue weighted by molar-refractivity contribution is 4.73.